The first-order valence-electron chi connectivity index (χ1n) is 7.47. The van der Waals surface area contributed by atoms with E-state index in [0.717, 1.165) is 0 Å². The van der Waals surface area contributed by atoms with Crippen molar-refractivity contribution >= 4 is 43.7 Å². The molecule has 11 heteroatoms. The molecular weight excluding hydrogens is 413 g/mol. The molecule has 7 N–H and O–H groups in total. The van der Waals surface area contributed by atoms with Crippen LogP contribution < -0.4 is 15.6 Å². The van der Waals surface area contributed by atoms with Crippen LogP contribution in [0.2, 0.25) is 0 Å². The molecule has 0 spiro atoms. The third kappa shape index (κ3) is 4.91. The molecule has 0 atom stereocenters. The zero-order chi connectivity index (χ0) is 18.6. The number of nitrogens with two attached hydrogens (primary N) is 2. The van der Waals surface area contributed by atoms with Crippen molar-refractivity contribution in [2.24, 2.45) is 20.4 Å². The molecule has 1 heterocycles. The lowest BCUT2D eigenvalue weighted by atomic mass is 10.3. The van der Waals surface area contributed by atoms with Crippen molar-refractivity contribution in [1.29, 1.82) is 0 Å². The number of aliphatic imine (C=N–C) groups is 1. The molecule has 2 aromatic rings. The Morgan fingerprint density at radius 1 is 1.40 bits per heavy atom. The SMILES string of the molecule is CC(C)S(N)(N)CCNc1[nH][nH]c1C(N=O)=Nc1ccc(F)c(Br)c1. The number of hydrogen-bond donors (Lipinski definition) is 5. The summed E-state index contributed by atoms with van der Waals surface area (Å²) in [6.07, 6.45) is 0. The molecule has 1 aromatic heterocycles. The lowest BCUT2D eigenvalue weighted by Gasteiger charge is -2.35. The van der Waals surface area contributed by atoms with Gasteiger partial charge >= 0.3 is 0 Å². The second-order valence-corrected chi connectivity index (χ2v) is 9.73. The van der Waals surface area contributed by atoms with E-state index in [1.165, 1.54) is 18.2 Å². The van der Waals surface area contributed by atoms with Crippen LogP contribution in [0.1, 0.15) is 19.5 Å². The lowest BCUT2D eigenvalue weighted by Crippen LogP contribution is -2.34. The highest BCUT2D eigenvalue weighted by Gasteiger charge is 2.19. The van der Waals surface area contributed by atoms with E-state index in [0.29, 0.717) is 29.5 Å². The number of benzene rings is 1. The topological polar surface area (TPSA) is 137 Å². The molecule has 0 saturated carbocycles. The normalized spacial score (nSPS) is 13.3. The van der Waals surface area contributed by atoms with Crippen LogP contribution in [0.25, 0.3) is 0 Å². The molecule has 0 aliphatic heterocycles. The predicted molar refractivity (Wildman–Crippen MR) is 106 cm³/mol. The van der Waals surface area contributed by atoms with Crippen molar-refractivity contribution in [3.63, 3.8) is 0 Å². The highest BCUT2D eigenvalue weighted by atomic mass is 79.9. The maximum atomic E-state index is 13.3. The number of aromatic nitrogens is 2. The van der Waals surface area contributed by atoms with Gasteiger partial charge in [0, 0.05) is 17.5 Å². The number of nitrogens with zero attached hydrogens (tertiary/aromatic N) is 2. The van der Waals surface area contributed by atoms with Gasteiger partial charge in [0.2, 0.25) is 5.84 Å². The fourth-order valence-electron chi connectivity index (χ4n) is 1.88. The maximum absolute atomic E-state index is 13.3. The van der Waals surface area contributed by atoms with Gasteiger partial charge in [-0.25, -0.2) is 9.38 Å². The molecule has 0 amide bonds. The number of rotatable bonds is 7. The highest BCUT2D eigenvalue weighted by Crippen LogP contribution is 2.35. The molecule has 0 aliphatic carbocycles. The Kier molecular flexibility index (Phi) is 6.38. The van der Waals surface area contributed by atoms with E-state index in [2.05, 4.69) is 41.6 Å². The van der Waals surface area contributed by atoms with E-state index in [1.807, 2.05) is 13.8 Å². The zero-order valence-electron chi connectivity index (χ0n) is 13.8. The van der Waals surface area contributed by atoms with E-state index in [9.17, 15) is 9.30 Å². The molecule has 0 aliphatic rings. The van der Waals surface area contributed by atoms with Crippen LogP contribution in [0.5, 0.6) is 0 Å². The number of aromatic amines is 2. The summed E-state index contributed by atoms with van der Waals surface area (Å²) < 4.78 is 13.5. The molecular formula is C14H21BrFN7OS. The maximum Gasteiger partial charge on any atom is 0.226 e. The molecule has 1 aromatic carbocycles. The van der Waals surface area contributed by atoms with Gasteiger partial charge in [0.1, 0.15) is 17.3 Å². The number of hydrogen-bond acceptors (Lipinski definition) is 5. The van der Waals surface area contributed by atoms with Crippen molar-refractivity contribution in [2.75, 3.05) is 17.6 Å². The number of H-pyrrole nitrogens is 2. The van der Waals surface area contributed by atoms with Gasteiger partial charge in [0.25, 0.3) is 0 Å². The van der Waals surface area contributed by atoms with Gasteiger partial charge in [-0.1, -0.05) is 13.8 Å². The summed E-state index contributed by atoms with van der Waals surface area (Å²) in [5, 5.41) is 24.1. The summed E-state index contributed by atoms with van der Waals surface area (Å²) >= 11 is 3.08. The Balaban J connectivity index is 2.08. The van der Waals surface area contributed by atoms with E-state index in [1.54, 1.807) is 0 Å². The van der Waals surface area contributed by atoms with Crippen LogP contribution in [0, 0.1) is 10.7 Å². The Hall–Kier alpha value is -1.69. The second kappa shape index (κ2) is 8.13. The number of nitrogens with one attached hydrogen (secondary N) is 3. The Bertz CT molecular complexity index is 771. The summed E-state index contributed by atoms with van der Waals surface area (Å²) in [6, 6.07) is 4.17. The van der Waals surface area contributed by atoms with E-state index in [4.69, 9.17) is 10.3 Å². The van der Waals surface area contributed by atoms with Gasteiger partial charge in [-0.05, 0) is 39.3 Å². The monoisotopic (exact) mass is 433 g/mol. The summed E-state index contributed by atoms with van der Waals surface area (Å²) in [5.41, 5.74) is 0.824. The van der Waals surface area contributed by atoms with Crippen molar-refractivity contribution in [3.05, 3.63) is 39.1 Å². The molecule has 138 valence electrons. The summed E-state index contributed by atoms with van der Waals surface area (Å²) in [7, 11) is -1.67. The van der Waals surface area contributed by atoms with Gasteiger partial charge < -0.3 is 5.32 Å². The number of amidine groups is 1. The number of anilines is 1. The fraction of sp³-hybridized carbons (Fsp3) is 0.357. The largest absolute Gasteiger partial charge is 0.368 e. The number of nitroso groups, excluding NO2 is 1. The minimum absolute atomic E-state index is 0.0530. The van der Waals surface area contributed by atoms with E-state index in [-0.39, 0.29) is 15.6 Å². The average Bonchev–Trinajstić information content (AvgIpc) is 2.53. The highest BCUT2D eigenvalue weighted by molar-refractivity contribution is 9.10. The lowest BCUT2D eigenvalue weighted by molar-refractivity contribution is 0.621. The predicted octanol–water partition coefficient (Wildman–Crippen LogP) is 3.46. The second-order valence-electron chi connectivity index (χ2n) is 5.71. The van der Waals surface area contributed by atoms with Gasteiger partial charge in [-0.15, -0.1) is 15.3 Å². The van der Waals surface area contributed by atoms with Gasteiger partial charge in [-0.3, -0.25) is 20.5 Å². The summed E-state index contributed by atoms with van der Waals surface area (Å²) in [6.45, 7) is 4.53. The van der Waals surface area contributed by atoms with Crippen molar-refractivity contribution < 1.29 is 4.39 Å². The third-order valence-electron chi connectivity index (χ3n) is 3.65. The smallest absolute Gasteiger partial charge is 0.226 e. The zero-order valence-corrected chi connectivity index (χ0v) is 16.2. The van der Waals surface area contributed by atoms with E-state index >= 15 is 0 Å². The molecule has 0 bridgehead atoms. The van der Waals surface area contributed by atoms with Crippen LogP contribution in [0.3, 0.4) is 0 Å². The van der Waals surface area contributed by atoms with Crippen molar-refractivity contribution in [2.45, 2.75) is 19.1 Å². The quantitative estimate of drug-likeness (QED) is 0.259. The van der Waals surface area contributed by atoms with Gasteiger partial charge in [-0.2, -0.15) is 0 Å². The van der Waals surface area contributed by atoms with E-state index < -0.39 is 16.2 Å². The molecule has 25 heavy (non-hydrogen) atoms. The molecule has 2 rings (SSSR count). The molecule has 0 radical (unpaired) electrons. The standard InChI is InChI=1S/C14H21BrFN7OS/c1-8(2)25(17,18)6-5-19-13-12(21-22-13)14(23-24)20-9-3-4-11(16)10(15)7-9/h3-4,7-8,19,21-22H,5-6,17-18H2,1-2H3. The van der Waals surface area contributed by atoms with Crippen molar-refractivity contribution in [1.82, 2.24) is 10.2 Å². The first-order chi connectivity index (χ1) is 11.7. The summed E-state index contributed by atoms with van der Waals surface area (Å²) in [5.74, 6) is 0.736. The van der Waals surface area contributed by atoms with Crippen LogP contribution in [-0.4, -0.2) is 33.6 Å². The molecule has 0 fully saturated rings. The first-order valence-corrected chi connectivity index (χ1v) is 10.3. The minimum Gasteiger partial charge on any atom is -0.368 e. The Labute approximate surface area is 154 Å². The van der Waals surface area contributed by atoms with Crippen molar-refractivity contribution in [3.8, 4) is 0 Å². The average molecular weight is 434 g/mol. The fourth-order valence-corrected chi connectivity index (χ4v) is 3.17. The van der Waals surface area contributed by atoms with Crippen LogP contribution in [0.15, 0.2) is 32.8 Å². The minimum atomic E-state index is -1.67. The van der Waals surface area contributed by atoms with Crippen LogP contribution in [-0.2, 0) is 0 Å². The van der Waals surface area contributed by atoms with Crippen LogP contribution in [0.4, 0.5) is 15.9 Å². The molecule has 0 saturated heterocycles. The van der Waals surface area contributed by atoms with Crippen LogP contribution >= 0.6 is 26.3 Å². The number of halogens is 2. The van der Waals surface area contributed by atoms with Gasteiger partial charge in [0.05, 0.1) is 10.2 Å². The Morgan fingerprint density at radius 2 is 2.12 bits per heavy atom. The summed E-state index contributed by atoms with van der Waals surface area (Å²) in [4.78, 5) is 15.3. The first kappa shape index (κ1) is 19.6. The third-order valence-corrected chi connectivity index (χ3v) is 6.92. The Morgan fingerprint density at radius 3 is 2.64 bits per heavy atom. The molecule has 8 nitrogen and oxygen atoms in total. The molecule has 0 unspecified atom stereocenters. The van der Waals surface area contributed by atoms with Gasteiger partial charge in [0.15, 0.2) is 0 Å².